The third-order valence-electron chi connectivity index (χ3n) is 5.49. The average Bonchev–Trinajstić information content (AvgIpc) is 3.22. The molecule has 1 aliphatic heterocycles. The van der Waals surface area contributed by atoms with Crippen molar-refractivity contribution in [3.63, 3.8) is 0 Å². The number of piperidine rings is 1. The van der Waals surface area contributed by atoms with Crippen LogP contribution in [0.15, 0.2) is 52.0 Å². The van der Waals surface area contributed by atoms with E-state index in [1.54, 1.807) is 12.1 Å². The Hall–Kier alpha value is -2.78. The van der Waals surface area contributed by atoms with Crippen molar-refractivity contribution in [2.24, 2.45) is 5.92 Å². The number of sulfonamides is 1. The van der Waals surface area contributed by atoms with E-state index in [2.05, 4.69) is 26.3 Å². The van der Waals surface area contributed by atoms with Crippen LogP contribution in [0, 0.1) is 12.8 Å². The van der Waals surface area contributed by atoms with E-state index in [0.717, 1.165) is 6.42 Å². The van der Waals surface area contributed by atoms with Crippen LogP contribution in [0.25, 0.3) is 11.0 Å². The van der Waals surface area contributed by atoms with Crippen LogP contribution >= 0.6 is 0 Å². The maximum atomic E-state index is 13.0. The summed E-state index contributed by atoms with van der Waals surface area (Å²) >= 11 is 0. The van der Waals surface area contributed by atoms with Crippen molar-refractivity contribution < 1.29 is 17.8 Å². The summed E-state index contributed by atoms with van der Waals surface area (Å²) in [5.74, 6) is -0.194. The molecule has 4 rings (SSSR count). The van der Waals surface area contributed by atoms with Crippen LogP contribution in [-0.2, 0) is 21.2 Å². The summed E-state index contributed by atoms with van der Waals surface area (Å²) in [4.78, 5) is 12.6. The van der Waals surface area contributed by atoms with Crippen molar-refractivity contribution in [3.05, 3.63) is 53.6 Å². The molecule has 1 aromatic heterocycles. The van der Waals surface area contributed by atoms with Gasteiger partial charge in [0.1, 0.15) is 10.4 Å². The maximum absolute atomic E-state index is 13.0. The van der Waals surface area contributed by atoms with Crippen LogP contribution in [0.1, 0.15) is 24.0 Å². The highest BCUT2D eigenvalue weighted by molar-refractivity contribution is 7.89. The molecule has 1 fully saturated rings. The standard InChI is InChI=1S/C21H24N4O4S/c1-15-4-2-5-16(14-15)8-11-22-21(26)17-9-12-25(13-10-17)30(27,28)19-7-3-6-18-20(19)24-29-23-18/h2-7,14,17H,8-13H2,1H3,(H,22,26). The van der Waals surface area contributed by atoms with E-state index >= 15 is 0 Å². The minimum atomic E-state index is -3.73. The van der Waals surface area contributed by atoms with E-state index in [1.165, 1.54) is 21.5 Å². The van der Waals surface area contributed by atoms with E-state index in [-0.39, 0.29) is 22.2 Å². The number of aryl methyl sites for hydroxylation is 1. The zero-order valence-electron chi connectivity index (χ0n) is 16.7. The molecule has 1 N–H and O–H groups in total. The van der Waals surface area contributed by atoms with Gasteiger partial charge in [0, 0.05) is 25.6 Å². The summed E-state index contributed by atoms with van der Waals surface area (Å²) in [6.07, 6.45) is 1.75. The largest absolute Gasteiger partial charge is 0.356 e. The smallest absolute Gasteiger partial charge is 0.245 e. The summed E-state index contributed by atoms with van der Waals surface area (Å²) in [6, 6.07) is 13.0. The molecular formula is C21H24N4O4S. The normalized spacial score (nSPS) is 16.0. The van der Waals surface area contributed by atoms with E-state index < -0.39 is 10.0 Å². The highest BCUT2D eigenvalue weighted by atomic mass is 32.2. The molecule has 0 radical (unpaired) electrons. The molecule has 2 aromatic carbocycles. The summed E-state index contributed by atoms with van der Waals surface area (Å²) in [7, 11) is -3.73. The third kappa shape index (κ3) is 4.22. The van der Waals surface area contributed by atoms with Gasteiger partial charge in [0.25, 0.3) is 0 Å². The van der Waals surface area contributed by atoms with Crippen LogP contribution < -0.4 is 5.32 Å². The molecule has 0 saturated carbocycles. The molecule has 30 heavy (non-hydrogen) atoms. The number of carbonyl (C=O) groups excluding carboxylic acids is 1. The minimum Gasteiger partial charge on any atom is -0.356 e. The lowest BCUT2D eigenvalue weighted by Gasteiger charge is -2.30. The summed E-state index contributed by atoms with van der Waals surface area (Å²) in [5.41, 5.74) is 3.02. The number of benzene rings is 2. The highest BCUT2D eigenvalue weighted by Crippen LogP contribution is 2.27. The molecule has 1 saturated heterocycles. The lowest BCUT2D eigenvalue weighted by Crippen LogP contribution is -2.43. The van der Waals surface area contributed by atoms with Gasteiger partial charge in [-0.3, -0.25) is 4.79 Å². The zero-order valence-corrected chi connectivity index (χ0v) is 17.6. The maximum Gasteiger partial charge on any atom is 0.245 e. The number of hydrogen-bond donors (Lipinski definition) is 1. The van der Waals surface area contributed by atoms with Gasteiger partial charge < -0.3 is 5.32 Å². The Bertz CT molecular complexity index is 1150. The molecule has 0 spiro atoms. The van der Waals surface area contributed by atoms with Crippen LogP contribution in [0.3, 0.4) is 0 Å². The van der Waals surface area contributed by atoms with Gasteiger partial charge in [0.2, 0.25) is 15.9 Å². The van der Waals surface area contributed by atoms with Crippen molar-refractivity contribution in [1.29, 1.82) is 0 Å². The Kier molecular flexibility index (Phi) is 5.83. The summed E-state index contributed by atoms with van der Waals surface area (Å²) in [5, 5.41) is 10.4. The monoisotopic (exact) mass is 428 g/mol. The number of fused-ring (bicyclic) bond motifs is 1. The first kappa shape index (κ1) is 20.5. The number of nitrogens with zero attached hydrogens (tertiary/aromatic N) is 3. The van der Waals surface area contributed by atoms with Crippen molar-refractivity contribution in [2.75, 3.05) is 19.6 Å². The van der Waals surface area contributed by atoms with E-state index in [4.69, 9.17) is 0 Å². The second-order valence-corrected chi connectivity index (χ2v) is 9.50. The molecule has 8 nitrogen and oxygen atoms in total. The first-order valence-electron chi connectivity index (χ1n) is 10.00. The van der Waals surface area contributed by atoms with Gasteiger partial charge in [-0.15, -0.1) is 0 Å². The fourth-order valence-corrected chi connectivity index (χ4v) is 5.44. The molecule has 1 amide bonds. The van der Waals surface area contributed by atoms with Gasteiger partial charge in [-0.05, 0) is 54.2 Å². The van der Waals surface area contributed by atoms with Crippen LogP contribution in [0.4, 0.5) is 0 Å². The van der Waals surface area contributed by atoms with Crippen LogP contribution in [-0.4, -0.2) is 48.6 Å². The number of nitrogens with one attached hydrogen (secondary N) is 1. The molecular weight excluding hydrogens is 404 g/mol. The Morgan fingerprint density at radius 2 is 1.93 bits per heavy atom. The van der Waals surface area contributed by atoms with E-state index in [0.29, 0.717) is 38.0 Å². The number of aromatic nitrogens is 2. The number of carbonyl (C=O) groups is 1. The molecule has 2 heterocycles. The van der Waals surface area contributed by atoms with Gasteiger partial charge in [-0.2, -0.15) is 4.31 Å². The molecule has 9 heteroatoms. The lowest BCUT2D eigenvalue weighted by atomic mass is 9.97. The highest BCUT2D eigenvalue weighted by Gasteiger charge is 2.33. The number of amides is 1. The number of hydrogen-bond acceptors (Lipinski definition) is 6. The van der Waals surface area contributed by atoms with Crippen LogP contribution in [0.2, 0.25) is 0 Å². The van der Waals surface area contributed by atoms with Crippen molar-refractivity contribution in [2.45, 2.75) is 31.1 Å². The van der Waals surface area contributed by atoms with Crippen LogP contribution in [0.5, 0.6) is 0 Å². The molecule has 1 aliphatic rings. The van der Waals surface area contributed by atoms with Crippen molar-refractivity contribution in [3.8, 4) is 0 Å². The zero-order chi connectivity index (χ0) is 21.1. The predicted molar refractivity (Wildman–Crippen MR) is 111 cm³/mol. The third-order valence-corrected chi connectivity index (χ3v) is 7.42. The van der Waals surface area contributed by atoms with Gasteiger partial charge in [0.15, 0.2) is 5.52 Å². The van der Waals surface area contributed by atoms with Gasteiger partial charge in [-0.25, -0.2) is 13.0 Å². The average molecular weight is 429 g/mol. The molecule has 0 aliphatic carbocycles. The van der Waals surface area contributed by atoms with E-state index in [1.807, 2.05) is 25.1 Å². The SMILES string of the molecule is Cc1cccc(CCNC(=O)C2CCN(S(=O)(=O)c3cccc4nonc34)CC2)c1. The van der Waals surface area contributed by atoms with Gasteiger partial charge in [0.05, 0.1) is 0 Å². The fourth-order valence-electron chi connectivity index (χ4n) is 3.83. The molecule has 158 valence electrons. The van der Waals surface area contributed by atoms with Gasteiger partial charge in [-0.1, -0.05) is 35.9 Å². The Labute approximate surface area is 175 Å². The molecule has 3 aromatic rings. The Balaban J connectivity index is 1.33. The van der Waals surface area contributed by atoms with Gasteiger partial charge >= 0.3 is 0 Å². The fraction of sp³-hybridized carbons (Fsp3) is 0.381. The first-order valence-corrected chi connectivity index (χ1v) is 11.4. The summed E-state index contributed by atoms with van der Waals surface area (Å²) < 4.78 is 32.2. The Morgan fingerprint density at radius 1 is 1.17 bits per heavy atom. The molecule has 0 unspecified atom stereocenters. The first-order chi connectivity index (χ1) is 14.4. The topological polar surface area (TPSA) is 105 Å². The van der Waals surface area contributed by atoms with E-state index in [9.17, 15) is 13.2 Å². The summed E-state index contributed by atoms with van der Waals surface area (Å²) in [6.45, 7) is 3.20. The minimum absolute atomic E-state index is 0.0116. The molecule has 0 bridgehead atoms. The number of rotatable bonds is 6. The second-order valence-electron chi connectivity index (χ2n) is 7.60. The Morgan fingerprint density at radius 3 is 2.70 bits per heavy atom. The lowest BCUT2D eigenvalue weighted by molar-refractivity contribution is -0.126. The van der Waals surface area contributed by atoms with Crippen molar-refractivity contribution >= 4 is 27.0 Å². The predicted octanol–water partition coefficient (Wildman–Crippen LogP) is 2.29. The van der Waals surface area contributed by atoms with Crippen molar-refractivity contribution in [1.82, 2.24) is 19.9 Å². The molecule has 0 atom stereocenters. The second kappa shape index (κ2) is 8.53. The quantitative estimate of drug-likeness (QED) is 0.646.